The van der Waals surface area contributed by atoms with E-state index in [1.165, 1.54) is 0 Å². The molecule has 0 radical (unpaired) electrons. The van der Waals surface area contributed by atoms with Crippen LogP contribution < -0.4 is 14.2 Å². The van der Waals surface area contributed by atoms with E-state index in [0.29, 0.717) is 42.0 Å². The van der Waals surface area contributed by atoms with E-state index < -0.39 is 0 Å². The molecule has 4 rings (SSSR count). The van der Waals surface area contributed by atoms with Gasteiger partial charge < -0.3 is 14.2 Å². The second-order valence-electron chi connectivity index (χ2n) is 7.73. The van der Waals surface area contributed by atoms with Crippen molar-refractivity contribution < 1.29 is 19.0 Å². The zero-order chi connectivity index (χ0) is 19.8. The van der Waals surface area contributed by atoms with Crippen molar-refractivity contribution in [2.24, 2.45) is 5.92 Å². The minimum atomic E-state index is -0.0952. The molecule has 0 fully saturated rings. The Morgan fingerprint density at radius 2 is 2.07 bits per heavy atom. The molecule has 0 amide bonds. The number of ketones is 1. The van der Waals surface area contributed by atoms with Gasteiger partial charge in [-0.15, -0.1) is 0 Å². The summed E-state index contributed by atoms with van der Waals surface area (Å²) in [6, 6.07) is 9.53. The maximum atomic E-state index is 13.1. The number of hydrogen-bond donors (Lipinski definition) is 0. The quantitative estimate of drug-likeness (QED) is 0.736. The van der Waals surface area contributed by atoms with Crippen LogP contribution in [0, 0.1) is 12.8 Å². The van der Waals surface area contributed by atoms with Crippen LogP contribution >= 0.6 is 0 Å². The van der Waals surface area contributed by atoms with Crippen molar-refractivity contribution in [3.63, 3.8) is 0 Å². The number of rotatable bonds is 4. The van der Waals surface area contributed by atoms with E-state index in [0.717, 1.165) is 29.0 Å². The molecule has 146 valence electrons. The van der Waals surface area contributed by atoms with Crippen molar-refractivity contribution in [1.82, 2.24) is 4.90 Å². The van der Waals surface area contributed by atoms with Crippen LogP contribution in [0.15, 0.2) is 36.1 Å². The molecule has 5 nitrogen and oxygen atoms in total. The van der Waals surface area contributed by atoms with Gasteiger partial charge in [-0.1, -0.05) is 32.0 Å². The van der Waals surface area contributed by atoms with E-state index in [-0.39, 0.29) is 5.78 Å². The second kappa shape index (κ2) is 7.32. The monoisotopic (exact) mass is 379 g/mol. The largest absolute Gasteiger partial charge is 0.496 e. The molecule has 2 aromatic rings. The van der Waals surface area contributed by atoms with Gasteiger partial charge in [0, 0.05) is 18.7 Å². The van der Waals surface area contributed by atoms with Crippen LogP contribution in [0.3, 0.4) is 0 Å². The molecule has 0 aromatic heterocycles. The van der Waals surface area contributed by atoms with Gasteiger partial charge in [-0.05, 0) is 36.6 Å². The van der Waals surface area contributed by atoms with Gasteiger partial charge in [-0.2, -0.15) is 0 Å². The lowest BCUT2D eigenvalue weighted by molar-refractivity contribution is 0.0831. The molecule has 0 saturated heterocycles. The summed E-state index contributed by atoms with van der Waals surface area (Å²) in [7, 11) is 1.62. The summed E-state index contributed by atoms with van der Waals surface area (Å²) in [6.07, 6.45) is 1.75. The fourth-order valence-corrected chi connectivity index (χ4v) is 3.84. The standard InChI is InChI=1S/C23H25NO4/c1-14(2)11-24-12-17-19(27-13-24)9-15(3)21-22(25)20(28-23(17)21)10-16-7-5-6-8-18(16)26-4/h5-10,14H,11-13H2,1-4H3/b20-10-. The fourth-order valence-electron chi connectivity index (χ4n) is 3.84. The van der Waals surface area contributed by atoms with Crippen LogP contribution in [-0.4, -0.2) is 31.1 Å². The lowest BCUT2D eigenvalue weighted by Gasteiger charge is -2.31. The number of carbonyl (C=O) groups is 1. The maximum Gasteiger partial charge on any atom is 0.232 e. The molecule has 2 aliphatic rings. The minimum Gasteiger partial charge on any atom is -0.496 e. The van der Waals surface area contributed by atoms with Crippen LogP contribution in [0.4, 0.5) is 0 Å². The first-order valence-electron chi connectivity index (χ1n) is 9.56. The highest BCUT2D eigenvalue weighted by Crippen LogP contribution is 2.44. The Labute approximate surface area is 165 Å². The number of fused-ring (bicyclic) bond motifs is 3. The van der Waals surface area contributed by atoms with Crippen LogP contribution in [0.2, 0.25) is 0 Å². The smallest absolute Gasteiger partial charge is 0.232 e. The van der Waals surface area contributed by atoms with E-state index in [1.54, 1.807) is 13.2 Å². The zero-order valence-electron chi connectivity index (χ0n) is 16.7. The summed E-state index contributed by atoms with van der Waals surface area (Å²) in [5.74, 6) is 2.90. The lowest BCUT2D eigenvalue weighted by Crippen LogP contribution is -2.35. The van der Waals surface area contributed by atoms with E-state index in [4.69, 9.17) is 14.2 Å². The number of benzene rings is 2. The Kier molecular flexibility index (Phi) is 4.85. The summed E-state index contributed by atoms with van der Waals surface area (Å²) < 4.78 is 17.5. The summed E-state index contributed by atoms with van der Waals surface area (Å²) in [5, 5.41) is 0. The van der Waals surface area contributed by atoms with Gasteiger partial charge >= 0.3 is 0 Å². The number of para-hydroxylation sites is 1. The molecule has 5 heteroatoms. The Bertz CT molecular complexity index is 961. The van der Waals surface area contributed by atoms with Gasteiger partial charge in [0.15, 0.2) is 5.76 Å². The molecular formula is C23H25NO4. The van der Waals surface area contributed by atoms with Crippen molar-refractivity contribution in [2.45, 2.75) is 27.3 Å². The SMILES string of the molecule is COc1ccccc1/C=C1\Oc2c3c(cc(C)c2C1=O)OCN(CC(C)C)C3. The van der Waals surface area contributed by atoms with E-state index in [1.807, 2.05) is 37.3 Å². The number of carbonyl (C=O) groups excluding carboxylic acids is 1. The second-order valence-corrected chi connectivity index (χ2v) is 7.73. The molecule has 0 saturated carbocycles. The topological polar surface area (TPSA) is 48.0 Å². The number of aryl methyl sites for hydroxylation is 1. The summed E-state index contributed by atoms with van der Waals surface area (Å²) in [6.45, 7) is 8.50. The molecule has 2 aliphatic heterocycles. The predicted molar refractivity (Wildman–Crippen MR) is 108 cm³/mol. The Morgan fingerprint density at radius 1 is 1.29 bits per heavy atom. The van der Waals surface area contributed by atoms with E-state index in [9.17, 15) is 4.79 Å². The van der Waals surface area contributed by atoms with Crippen LogP contribution in [-0.2, 0) is 6.54 Å². The lowest BCUT2D eigenvalue weighted by atomic mass is 9.98. The van der Waals surface area contributed by atoms with Crippen molar-refractivity contribution in [1.29, 1.82) is 0 Å². The molecule has 0 bridgehead atoms. The van der Waals surface area contributed by atoms with Gasteiger partial charge in [0.2, 0.25) is 5.78 Å². The van der Waals surface area contributed by atoms with Crippen molar-refractivity contribution in [3.05, 3.63) is 58.3 Å². The first-order valence-corrected chi connectivity index (χ1v) is 9.56. The van der Waals surface area contributed by atoms with Crippen LogP contribution in [0.1, 0.15) is 40.9 Å². The summed E-state index contributed by atoms with van der Waals surface area (Å²) in [5.41, 5.74) is 3.27. The van der Waals surface area contributed by atoms with E-state index >= 15 is 0 Å². The Balaban J connectivity index is 1.73. The molecule has 2 aromatic carbocycles. The molecule has 28 heavy (non-hydrogen) atoms. The number of ether oxygens (including phenoxy) is 3. The molecule has 0 N–H and O–H groups in total. The normalized spacial score (nSPS) is 17.3. The minimum absolute atomic E-state index is 0.0952. The number of nitrogens with zero attached hydrogens (tertiary/aromatic N) is 1. The van der Waals surface area contributed by atoms with Crippen LogP contribution in [0.25, 0.3) is 6.08 Å². The first-order chi connectivity index (χ1) is 13.5. The highest BCUT2D eigenvalue weighted by Gasteiger charge is 2.35. The third-order valence-electron chi connectivity index (χ3n) is 5.04. The molecule has 0 spiro atoms. The zero-order valence-corrected chi connectivity index (χ0v) is 16.7. The predicted octanol–water partition coefficient (Wildman–Crippen LogP) is 4.43. The maximum absolute atomic E-state index is 13.1. The Morgan fingerprint density at radius 3 is 2.82 bits per heavy atom. The average Bonchev–Trinajstić information content (AvgIpc) is 2.99. The van der Waals surface area contributed by atoms with Crippen molar-refractivity contribution in [3.8, 4) is 17.2 Å². The summed E-state index contributed by atoms with van der Waals surface area (Å²) >= 11 is 0. The highest BCUT2D eigenvalue weighted by molar-refractivity contribution is 6.16. The number of Topliss-reactive ketones (excluding diaryl/α,β-unsaturated/α-hetero) is 1. The first kappa shape index (κ1) is 18.6. The van der Waals surface area contributed by atoms with Gasteiger partial charge in [0.1, 0.15) is 24.0 Å². The Hall–Kier alpha value is -2.79. The summed E-state index contributed by atoms with van der Waals surface area (Å²) in [4.78, 5) is 15.3. The van der Waals surface area contributed by atoms with Crippen molar-refractivity contribution in [2.75, 3.05) is 20.4 Å². The van der Waals surface area contributed by atoms with Gasteiger partial charge in [0.25, 0.3) is 0 Å². The van der Waals surface area contributed by atoms with Gasteiger partial charge in [-0.3, -0.25) is 9.69 Å². The molecule has 0 aliphatic carbocycles. The molecular weight excluding hydrogens is 354 g/mol. The number of allylic oxidation sites excluding steroid dienone is 1. The molecule has 0 unspecified atom stereocenters. The van der Waals surface area contributed by atoms with Gasteiger partial charge in [-0.25, -0.2) is 0 Å². The molecule has 0 atom stereocenters. The highest BCUT2D eigenvalue weighted by atomic mass is 16.5. The van der Waals surface area contributed by atoms with E-state index in [2.05, 4.69) is 18.7 Å². The third kappa shape index (κ3) is 3.27. The van der Waals surface area contributed by atoms with Crippen molar-refractivity contribution >= 4 is 11.9 Å². The number of methoxy groups -OCH3 is 1. The van der Waals surface area contributed by atoms with Gasteiger partial charge in [0.05, 0.1) is 18.2 Å². The average molecular weight is 379 g/mol. The van der Waals surface area contributed by atoms with Crippen LogP contribution in [0.5, 0.6) is 17.2 Å². The third-order valence-corrected chi connectivity index (χ3v) is 5.04. The fraction of sp³-hybridized carbons (Fsp3) is 0.348. The molecule has 2 heterocycles. The number of hydrogen-bond acceptors (Lipinski definition) is 5.